The minimum Gasteiger partial charge on any atom is -0.304 e. The molecule has 0 atom stereocenters. The highest BCUT2D eigenvalue weighted by atomic mass is 32.1. The van der Waals surface area contributed by atoms with E-state index in [1.807, 2.05) is 22.5 Å². The summed E-state index contributed by atoms with van der Waals surface area (Å²) < 4.78 is 1.90. The zero-order valence-corrected chi connectivity index (χ0v) is 11.9. The second-order valence-electron chi connectivity index (χ2n) is 4.89. The fourth-order valence-corrected chi connectivity index (χ4v) is 2.95. The summed E-state index contributed by atoms with van der Waals surface area (Å²) in [6, 6.07) is 0. The van der Waals surface area contributed by atoms with Gasteiger partial charge in [-0.25, -0.2) is 9.99 Å². The lowest BCUT2D eigenvalue weighted by molar-refractivity contribution is 0.0658. The number of aryl methyl sites for hydroxylation is 1. The van der Waals surface area contributed by atoms with Crippen molar-refractivity contribution in [1.82, 2.24) is 24.7 Å². The minimum absolute atomic E-state index is 0.127. The predicted octanol–water partition coefficient (Wildman–Crippen LogP) is 0.596. The Hall–Kier alpha value is -1.44. The summed E-state index contributed by atoms with van der Waals surface area (Å²) in [6.07, 6.45) is 3.77. The number of fused-ring (bicyclic) bond motifs is 1. The van der Waals surface area contributed by atoms with Gasteiger partial charge in [-0.15, -0.1) is 11.3 Å². The molecule has 3 heterocycles. The summed E-state index contributed by atoms with van der Waals surface area (Å²) in [5.74, 6) is -0.127. The zero-order chi connectivity index (χ0) is 13.4. The Morgan fingerprint density at radius 2 is 2.05 bits per heavy atom. The summed E-state index contributed by atoms with van der Waals surface area (Å²) in [7, 11) is 2.09. The molecule has 1 amide bonds. The zero-order valence-electron chi connectivity index (χ0n) is 11.1. The van der Waals surface area contributed by atoms with Gasteiger partial charge in [-0.2, -0.15) is 0 Å². The molecule has 1 fully saturated rings. The van der Waals surface area contributed by atoms with E-state index in [0.717, 1.165) is 31.1 Å². The molecule has 3 rings (SSSR count). The van der Waals surface area contributed by atoms with Gasteiger partial charge in [0.1, 0.15) is 5.69 Å². The fourth-order valence-electron chi connectivity index (χ4n) is 2.14. The lowest BCUT2D eigenvalue weighted by Crippen LogP contribution is -2.52. The van der Waals surface area contributed by atoms with Crippen LogP contribution in [0.1, 0.15) is 15.4 Å². The number of carbonyl (C=O) groups is 1. The van der Waals surface area contributed by atoms with Crippen molar-refractivity contribution < 1.29 is 4.79 Å². The Kier molecular flexibility index (Phi) is 3.26. The van der Waals surface area contributed by atoms with Crippen LogP contribution in [0.3, 0.4) is 0 Å². The van der Waals surface area contributed by atoms with Gasteiger partial charge in [-0.05, 0) is 14.0 Å². The molecular weight excluding hydrogens is 262 g/mol. The van der Waals surface area contributed by atoms with Crippen LogP contribution in [0.25, 0.3) is 4.96 Å². The van der Waals surface area contributed by atoms with Crippen LogP contribution in [0.5, 0.6) is 0 Å². The maximum Gasteiger partial charge on any atom is 0.285 e. The number of likely N-dealkylation sites (N-methyl/N-ethyl adjacent to an activating group) is 1. The number of carbonyl (C=O) groups excluding carboxylic acids is 1. The number of amides is 1. The molecule has 1 N–H and O–H groups in total. The summed E-state index contributed by atoms with van der Waals surface area (Å²) >= 11 is 1.59. The molecule has 1 aliphatic rings. The van der Waals surface area contributed by atoms with Gasteiger partial charge < -0.3 is 4.90 Å². The summed E-state index contributed by atoms with van der Waals surface area (Å²) in [4.78, 5) is 20.8. The Bertz CT molecular complexity index is 565. The number of hydrogen-bond donors (Lipinski definition) is 1. The molecule has 2 aromatic heterocycles. The molecule has 19 heavy (non-hydrogen) atoms. The number of piperazine rings is 1. The van der Waals surface area contributed by atoms with Gasteiger partial charge in [0.25, 0.3) is 5.91 Å². The third-order valence-corrected chi connectivity index (χ3v) is 4.18. The first-order valence-electron chi connectivity index (χ1n) is 6.31. The minimum atomic E-state index is -0.127. The van der Waals surface area contributed by atoms with E-state index in [1.54, 1.807) is 17.5 Å². The van der Waals surface area contributed by atoms with Crippen LogP contribution in [-0.2, 0) is 0 Å². The van der Waals surface area contributed by atoms with Crippen molar-refractivity contribution >= 4 is 22.2 Å². The van der Waals surface area contributed by atoms with Crippen LogP contribution in [0.2, 0.25) is 0 Å². The largest absolute Gasteiger partial charge is 0.304 e. The number of imidazole rings is 1. The predicted molar refractivity (Wildman–Crippen MR) is 74.3 cm³/mol. The molecule has 1 saturated heterocycles. The van der Waals surface area contributed by atoms with E-state index in [2.05, 4.69) is 22.4 Å². The van der Waals surface area contributed by atoms with E-state index in [0.29, 0.717) is 5.69 Å². The van der Waals surface area contributed by atoms with Gasteiger partial charge >= 0.3 is 0 Å². The molecule has 2 aromatic rings. The van der Waals surface area contributed by atoms with Gasteiger partial charge in [0.2, 0.25) is 0 Å². The van der Waals surface area contributed by atoms with Crippen LogP contribution in [0.4, 0.5) is 0 Å². The second kappa shape index (κ2) is 4.92. The summed E-state index contributed by atoms with van der Waals surface area (Å²) in [6.45, 7) is 5.67. The quantitative estimate of drug-likeness (QED) is 0.874. The number of nitrogens with one attached hydrogen (secondary N) is 1. The van der Waals surface area contributed by atoms with Crippen molar-refractivity contribution in [3.63, 3.8) is 0 Å². The van der Waals surface area contributed by atoms with Crippen molar-refractivity contribution in [2.24, 2.45) is 0 Å². The van der Waals surface area contributed by atoms with Gasteiger partial charge in [0.15, 0.2) is 4.96 Å². The maximum absolute atomic E-state index is 12.1. The Balaban J connectivity index is 1.67. The Morgan fingerprint density at radius 3 is 2.74 bits per heavy atom. The average molecular weight is 279 g/mol. The summed E-state index contributed by atoms with van der Waals surface area (Å²) in [5, 5.41) is 1.96. The van der Waals surface area contributed by atoms with E-state index >= 15 is 0 Å². The number of rotatable bonds is 2. The van der Waals surface area contributed by atoms with Gasteiger partial charge in [-0.3, -0.25) is 14.6 Å². The van der Waals surface area contributed by atoms with Crippen LogP contribution >= 0.6 is 11.3 Å². The highest BCUT2D eigenvalue weighted by Gasteiger charge is 2.18. The standard InChI is InChI=1S/C12H17N5OS/c1-9-7-16-8-10(13-12(16)19-9)11(18)14-17-5-3-15(2)4-6-17/h7-8H,3-6H2,1-2H3,(H,14,18). The first kappa shape index (κ1) is 12.6. The Morgan fingerprint density at radius 1 is 1.32 bits per heavy atom. The Labute approximate surface area is 115 Å². The number of hydrazine groups is 1. The van der Waals surface area contributed by atoms with Gasteiger partial charge in [0, 0.05) is 43.4 Å². The molecule has 7 heteroatoms. The molecule has 102 valence electrons. The van der Waals surface area contributed by atoms with Crippen molar-refractivity contribution in [2.45, 2.75) is 6.92 Å². The number of hydrogen-bond acceptors (Lipinski definition) is 5. The normalized spacial score (nSPS) is 18.0. The van der Waals surface area contributed by atoms with Crippen LogP contribution < -0.4 is 5.43 Å². The highest BCUT2D eigenvalue weighted by Crippen LogP contribution is 2.16. The fraction of sp³-hybridized carbons (Fsp3) is 0.500. The molecule has 0 bridgehead atoms. The molecule has 0 radical (unpaired) electrons. The van der Waals surface area contributed by atoms with E-state index in [1.165, 1.54) is 4.88 Å². The topological polar surface area (TPSA) is 52.9 Å². The van der Waals surface area contributed by atoms with Gasteiger partial charge in [0.05, 0.1) is 0 Å². The maximum atomic E-state index is 12.1. The molecular formula is C12H17N5OS. The van der Waals surface area contributed by atoms with Gasteiger partial charge in [-0.1, -0.05) is 0 Å². The lowest BCUT2D eigenvalue weighted by Gasteiger charge is -2.32. The van der Waals surface area contributed by atoms with Crippen LogP contribution in [-0.4, -0.2) is 58.4 Å². The molecule has 6 nitrogen and oxygen atoms in total. The van der Waals surface area contributed by atoms with E-state index in [4.69, 9.17) is 0 Å². The SMILES string of the molecule is Cc1cn2cc(C(=O)NN3CCN(C)CC3)nc2s1. The second-order valence-corrected chi connectivity index (χ2v) is 6.10. The monoisotopic (exact) mass is 279 g/mol. The van der Waals surface area contributed by atoms with Crippen LogP contribution in [0.15, 0.2) is 12.4 Å². The number of nitrogens with zero attached hydrogens (tertiary/aromatic N) is 4. The summed E-state index contributed by atoms with van der Waals surface area (Å²) in [5.41, 5.74) is 3.39. The highest BCUT2D eigenvalue weighted by molar-refractivity contribution is 7.17. The van der Waals surface area contributed by atoms with Crippen molar-refractivity contribution in [2.75, 3.05) is 33.2 Å². The first-order valence-corrected chi connectivity index (χ1v) is 7.13. The van der Waals surface area contributed by atoms with Crippen molar-refractivity contribution in [3.8, 4) is 0 Å². The third kappa shape index (κ3) is 2.63. The first-order chi connectivity index (χ1) is 9.11. The lowest BCUT2D eigenvalue weighted by atomic mass is 10.4. The third-order valence-electron chi connectivity index (χ3n) is 3.27. The van der Waals surface area contributed by atoms with Crippen LogP contribution in [0, 0.1) is 6.92 Å². The molecule has 0 spiro atoms. The van der Waals surface area contributed by atoms with E-state index in [-0.39, 0.29) is 5.91 Å². The molecule has 0 aromatic carbocycles. The van der Waals surface area contributed by atoms with E-state index < -0.39 is 0 Å². The molecule has 0 saturated carbocycles. The van der Waals surface area contributed by atoms with Crippen molar-refractivity contribution in [3.05, 3.63) is 23.0 Å². The molecule has 0 unspecified atom stereocenters. The molecule has 1 aliphatic heterocycles. The van der Waals surface area contributed by atoms with Crippen molar-refractivity contribution in [1.29, 1.82) is 0 Å². The number of thiazole rings is 1. The van der Waals surface area contributed by atoms with E-state index in [9.17, 15) is 4.79 Å². The number of aromatic nitrogens is 2. The molecule has 0 aliphatic carbocycles. The smallest absolute Gasteiger partial charge is 0.285 e. The average Bonchev–Trinajstić information content (AvgIpc) is 2.89.